The fourth-order valence-electron chi connectivity index (χ4n) is 1.86. The predicted octanol–water partition coefficient (Wildman–Crippen LogP) is 1.18. The van der Waals surface area contributed by atoms with Crippen LogP contribution in [0, 0.1) is 0 Å². The fraction of sp³-hybridized carbons (Fsp3) is 0.385. The molecule has 1 saturated heterocycles. The summed E-state index contributed by atoms with van der Waals surface area (Å²) in [4.78, 5) is 26.8. The molecular formula is C13H15ClN2O2. The molecule has 1 aromatic carbocycles. The largest absolute Gasteiger partial charge is 0.342 e. The van der Waals surface area contributed by atoms with Gasteiger partial charge in [0.2, 0.25) is 11.8 Å². The van der Waals surface area contributed by atoms with Crippen molar-refractivity contribution in [1.82, 2.24) is 9.80 Å². The Kier molecular flexibility index (Phi) is 3.87. The van der Waals surface area contributed by atoms with Gasteiger partial charge in [0.25, 0.3) is 0 Å². The molecular weight excluding hydrogens is 252 g/mol. The Labute approximate surface area is 111 Å². The molecule has 0 saturated carbocycles. The third-order valence-corrected chi connectivity index (χ3v) is 3.33. The topological polar surface area (TPSA) is 40.6 Å². The van der Waals surface area contributed by atoms with Crippen molar-refractivity contribution in [2.24, 2.45) is 0 Å². The number of benzene rings is 1. The number of rotatable bonds is 2. The second-order valence-corrected chi connectivity index (χ2v) is 4.87. The van der Waals surface area contributed by atoms with Crippen molar-refractivity contribution in [3.8, 4) is 0 Å². The van der Waals surface area contributed by atoms with Crippen LogP contribution in [0.3, 0.4) is 0 Å². The third-order valence-electron chi connectivity index (χ3n) is 3.08. The predicted molar refractivity (Wildman–Crippen MR) is 69.4 cm³/mol. The van der Waals surface area contributed by atoms with Gasteiger partial charge >= 0.3 is 0 Å². The van der Waals surface area contributed by atoms with Gasteiger partial charge in [-0.15, -0.1) is 0 Å². The molecule has 0 aromatic heterocycles. The molecule has 0 radical (unpaired) electrons. The third kappa shape index (κ3) is 3.01. The van der Waals surface area contributed by atoms with E-state index in [9.17, 15) is 9.59 Å². The molecule has 1 aliphatic heterocycles. The minimum absolute atomic E-state index is 0.00861. The summed E-state index contributed by atoms with van der Waals surface area (Å²) in [7, 11) is 1.75. The lowest BCUT2D eigenvalue weighted by molar-refractivity contribution is -0.143. The normalized spacial score (nSPS) is 16.0. The Morgan fingerprint density at radius 1 is 1.28 bits per heavy atom. The summed E-state index contributed by atoms with van der Waals surface area (Å²) in [6.45, 7) is 1.39. The van der Waals surface area contributed by atoms with Gasteiger partial charge in [0.05, 0.1) is 13.0 Å². The average molecular weight is 267 g/mol. The first kappa shape index (κ1) is 12.9. The zero-order valence-electron chi connectivity index (χ0n) is 10.2. The van der Waals surface area contributed by atoms with E-state index in [-0.39, 0.29) is 18.4 Å². The zero-order chi connectivity index (χ0) is 13.1. The van der Waals surface area contributed by atoms with E-state index in [0.717, 1.165) is 5.56 Å². The highest BCUT2D eigenvalue weighted by Crippen LogP contribution is 2.11. The second kappa shape index (κ2) is 5.40. The van der Waals surface area contributed by atoms with E-state index in [4.69, 9.17) is 11.6 Å². The van der Waals surface area contributed by atoms with Gasteiger partial charge in [-0.25, -0.2) is 0 Å². The van der Waals surface area contributed by atoms with Crippen LogP contribution in [-0.2, 0) is 16.0 Å². The van der Waals surface area contributed by atoms with Crippen LogP contribution in [0.5, 0.6) is 0 Å². The Hall–Kier alpha value is -1.55. The lowest BCUT2D eigenvalue weighted by atomic mass is 10.1. The number of piperazine rings is 1. The number of halogens is 1. The van der Waals surface area contributed by atoms with Crippen LogP contribution in [0.2, 0.25) is 5.02 Å². The first-order valence-corrected chi connectivity index (χ1v) is 6.20. The van der Waals surface area contributed by atoms with Crippen molar-refractivity contribution in [2.75, 3.05) is 26.7 Å². The highest BCUT2D eigenvalue weighted by atomic mass is 35.5. The summed E-state index contributed by atoms with van der Waals surface area (Å²) in [6.07, 6.45) is 0.314. The van der Waals surface area contributed by atoms with Crippen molar-refractivity contribution in [3.63, 3.8) is 0 Å². The van der Waals surface area contributed by atoms with Gasteiger partial charge < -0.3 is 9.80 Å². The quantitative estimate of drug-likeness (QED) is 0.807. The van der Waals surface area contributed by atoms with Crippen molar-refractivity contribution < 1.29 is 9.59 Å². The van der Waals surface area contributed by atoms with Crippen LogP contribution in [0.15, 0.2) is 24.3 Å². The Balaban J connectivity index is 1.96. The molecule has 1 aliphatic rings. The number of carbonyl (C=O) groups excluding carboxylic acids is 2. The van der Waals surface area contributed by atoms with Gasteiger partial charge in [-0.3, -0.25) is 9.59 Å². The number of hydrogen-bond donors (Lipinski definition) is 0. The van der Waals surface area contributed by atoms with Crippen LogP contribution < -0.4 is 0 Å². The van der Waals surface area contributed by atoms with Gasteiger partial charge in [-0.1, -0.05) is 23.7 Å². The van der Waals surface area contributed by atoms with Gasteiger partial charge in [0.15, 0.2) is 0 Å². The maximum absolute atomic E-state index is 12.0. The molecule has 1 aromatic rings. The molecule has 18 heavy (non-hydrogen) atoms. The molecule has 5 heteroatoms. The van der Waals surface area contributed by atoms with Crippen LogP contribution in [-0.4, -0.2) is 48.3 Å². The zero-order valence-corrected chi connectivity index (χ0v) is 11.0. The molecule has 0 bridgehead atoms. The van der Waals surface area contributed by atoms with E-state index in [1.54, 1.807) is 29.0 Å². The first-order valence-electron chi connectivity index (χ1n) is 5.82. The SMILES string of the molecule is CN1CCN(C(=O)Cc2ccc(Cl)cc2)CC1=O. The highest BCUT2D eigenvalue weighted by Gasteiger charge is 2.24. The molecule has 2 rings (SSSR count). The van der Waals surface area contributed by atoms with E-state index >= 15 is 0 Å². The van der Waals surface area contributed by atoms with Crippen LogP contribution in [0.1, 0.15) is 5.56 Å². The van der Waals surface area contributed by atoms with E-state index < -0.39 is 0 Å². The van der Waals surface area contributed by atoms with E-state index in [0.29, 0.717) is 24.5 Å². The Bertz CT molecular complexity index is 459. The van der Waals surface area contributed by atoms with Crippen molar-refractivity contribution in [2.45, 2.75) is 6.42 Å². The van der Waals surface area contributed by atoms with E-state index in [1.165, 1.54) is 0 Å². The summed E-state index contributed by atoms with van der Waals surface area (Å²) >= 11 is 5.79. The van der Waals surface area contributed by atoms with E-state index in [2.05, 4.69) is 0 Å². The molecule has 0 N–H and O–H groups in total. The van der Waals surface area contributed by atoms with Gasteiger partial charge in [0.1, 0.15) is 0 Å². The number of carbonyl (C=O) groups is 2. The van der Waals surface area contributed by atoms with Crippen molar-refractivity contribution >= 4 is 23.4 Å². The summed E-state index contributed by atoms with van der Waals surface area (Å²) < 4.78 is 0. The first-order chi connectivity index (χ1) is 8.56. The van der Waals surface area contributed by atoms with Crippen LogP contribution in [0.4, 0.5) is 0 Å². The molecule has 96 valence electrons. The number of amides is 2. The molecule has 0 unspecified atom stereocenters. The maximum atomic E-state index is 12.0. The average Bonchev–Trinajstić information content (AvgIpc) is 2.35. The summed E-state index contributed by atoms with van der Waals surface area (Å²) in [5.41, 5.74) is 0.913. The smallest absolute Gasteiger partial charge is 0.241 e. The number of hydrogen-bond acceptors (Lipinski definition) is 2. The monoisotopic (exact) mass is 266 g/mol. The molecule has 1 heterocycles. The highest BCUT2D eigenvalue weighted by molar-refractivity contribution is 6.30. The Morgan fingerprint density at radius 2 is 1.94 bits per heavy atom. The minimum Gasteiger partial charge on any atom is -0.342 e. The Morgan fingerprint density at radius 3 is 2.56 bits per heavy atom. The molecule has 0 spiro atoms. The van der Waals surface area contributed by atoms with Gasteiger partial charge in [0, 0.05) is 25.2 Å². The molecule has 0 atom stereocenters. The lowest BCUT2D eigenvalue weighted by Crippen LogP contribution is -2.51. The standard InChI is InChI=1S/C13H15ClN2O2/c1-15-6-7-16(9-13(15)18)12(17)8-10-2-4-11(14)5-3-10/h2-5H,6-9H2,1H3. The molecule has 4 nitrogen and oxygen atoms in total. The number of nitrogens with zero attached hydrogens (tertiary/aromatic N) is 2. The maximum Gasteiger partial charge on any atom is 0.241 e. The van der Waals surface area contributed by atoms with Crippen LogP contribution >= 0.6 is 11.6 Å². The lowest BCUT2D eigenvalue weighted by Gasteiger charge is -2.32. The second-order valence-electron chi connectivity index (χ2n) is 4.43. The molecule has 2 amide bonds. The number of likely N-dealkylation sites (N-methyl/N-ethyl adjacent to an activating group) is 1. The fourth-order valence-corrected chi connectivity index (χ4v) is 1.99. The molecule has 0 aliphatic carbocycles. The van der Waals surface area contributed by atoms with E-state index in [1.807, 2.05) is 12.1 Å². The minimum atomic E-state index is -0.0150. The summed E-state index contributed by atoms with van der Waals surface area (Å²) in [5.74, 6) is -0.0236. The van der Waals surface area contributed by atoms with Crippen molar-refractivity contribution in [1.29, 1.82) is 0 Å². The summed E-state index contributed by atoms with van der Waals surface area (Å²) in [5, 5.41) is 0.654. The van der Waals surface area contributed by atoms with Gasteiger partial charge in [-0.05, 0) is 17.7 Å². The van der Waals surface area contributed by atoms with Crippen LogP contribution in [0.25, 0.3) is 0 Å². The molecule has 1 fully saturated rings. The summed E-state index contributed by atoms with van der Waals surface area (Å²) in [6, 6.07) is 7.19. The van der Waals surface area contributed by atoms with Gasteiger partial charge in [-0.2, -0.15) is 0 Å². The van der Waals surface area contributed by atoms with Crippen molar-refractivity contribution in [3.05, 3.63) is 34.9 Å².